The van der Waals surface area contributed by atoms with Crippen LogP contribution in [0.2, 0.25) is 0 Å². The van der Waals surface area contributed by atoms with Gasteiger partial charge in [0.2, 0.25) is 0 Å². The smallest absolute Gasteiger partial charge is 0.175 e. The maximum absolute atomic E-state index is 5.77. The molecule has 1 aliphatic heterocycles. The van der Waals surface area contributed by atoms with Crippen LogP contribution in [0.3, 0.4) is 0 Å². The van der Waals surface area contributed by atoms with Crippen molar-refractivity contribution in [1.29, 1.82) is 0 Å². The Morgan fingerprint density at radius 2 is 2.19 bits per heavy atom. The second kappa shape index (κ2) is 6.81. The van der Waals surface area contributed by atoms with Crippen LogP contribution in [-0.4, -0.2) is 13.2 Å². The van der Waals surface area contributed by atoms with Crippen LogP contribution in [0.1, 0.15) is 29.8 Å². The lowest BCUT2D eigenvalue weighted by Crippen LogP contribution is -2.17. The fourth-order valence-corrected chi connectivity index (χ4v) is 3.66. The van der Waals surface area contributed by atoms with E-state index in [0.717, 1.165) is 28.9 Å². The molecule has 3 nitrogen and oxygen atoms in total. The molecule has 1 N–H and O–H groups in total. The molecule has 0 aliphatic carbocycles. The largest absolute Gasteiger partial charge is 0.490 e. The number of halogens is 1. The van der Waals surface area contributed by atoms with E-state index < -0.39 is 0 Å². The first-order valence-electron chi connectivity index (χ1n) is 7.09. The molecule has 1 atom stereocenters. The van der Waals surface area contributed by atoms with Crippen molar-refractivity contribution >= 4 is 27.3 Å². The molecule has 2 heterocycles. The highest BCUT2D eigenvalue weighted by molar-refractivity contribution is 9.10. The van der Waals surface area contributed by atoms with E-state index in [1.807, 2.05) is 0 Å². The zero-order valence-corrected chi connectivity index (χ0v) is 14.3. The standard InChI is InChI=1S/C16H18BrNO2S/c1-11(15-4-2-7-21-15)18-10-12-8-13(17)16-14(9-12)19-5-3-6-20-16/h2,4,7-9,11,18H,3,5-6,10H2,1H3/t11-/m1/s1. The van der Waals surface area contributed by atoms with Crippen LogP contribution in [0.15, 0.2) is 34.1 Å². The molecule has 0 radical (unpaired) electrons. The van der Waals surface area contributed by atoms with Crippen molar-refractivity contribution in [3.8, 4) is 11.5 Å². The lowest BCUT2D eigenvalue weighted by atomic mass is 10.2. The maximum atomic E-state index is 5.77. The minimum absolute atomic E-state index is 0.347. The summed E-state index contributed by atoms with van der Waals surface area (Å²) >= 11 is 5.36. The number of fused-ring (bicyclic) bond motifs is 1. The van der Waals surface area contributed by atoms with Crippen LogP contribution in [-0.2, 0) is 6.54 Å². The third-order valence-corrected chi connectivity index (χ3v) is 5.09. The van der Waals surface area contributed by atoms with E-state index in [4.69, 9.17) is 9.47 Å². The van der Waals surface area contributed by atoms with Crippen LogP contribution in [0.4, 0.5) is 0 Å². The molecule has 0 fully saturated rings. The second-order valence-electron chi connectivity index (χ2n) is 5.07. The summed E-state index contributed by atoms with van der Waals surface area (Å²) in [5.74, 6) is 1.66. The monoisotopic (exact) mass is 367 g/mol. The molecule has 1 aliphatic rings. The van der Waals surface area contributed by atoms with Gasteiger partial charge >= 0.3 is 0 Å². The summed E-state index contributed by atoms with van der Waals surface area (Å²) in [7, 11) is 0. The summed E-state index contributed by atoms with van der Waals surface area (Å²) in [5, 5.41) is 5.65. The van der Waals surface area contributed by atoms with E-state index in [1.165, 1.54) is 10.4 Å². The quantitative estimate of drug-likeness (QED) is 0.861. The molecule has 0 unspecified atom stereocenters. The Kier molecular flexibility index (Phi) is 4.83. The molecule has 0 amide bonds. The highest BCUT2D eigenvalue weighted by Crippen LogP contribution is 2.38. The van der Waals surface area contributed by atoms with Crippen LogP contribution >= 0.6 is 27.3 Å². The van der Waals surface area contributed by atoms with Crippen LogP contribution in [0.5, 0.6) is 11.5 Å². The van der Waals surface area contributed by atoms with Gasteiger partial charge in [0.25, 0.3) is 0 Å². The highest BCUT2D eigenvalue weighted by atomic mass is 79.9. The zero-order valence-electron chi connectivity index (χ0n) is 11.9. The zero-order chi connectivity index (χ0) is 14.7. The van der Waals surface area contributed by atoms with Gasteiger partial charge < -0.3 is 14.8 Å². The van der Waals surface area contributed by atoms with E-state index in [1.54, 1.807) is 11.3 Å². The molecule has 0 saturated heterocycles. The first-order valence-corrected chi connectivity index (χ1v) is 8.76. The van der Waals surface area contributed by atoms with E-state index in [2.05, 4.69) is 57.8 Å². The topological polar surface area (TPSA) is 30.5 Å². The summed E-state index contributed by atoms with van der Waals surface area (Å²) in [4.78, 5) is 1.35. The fourth-order valence-electron chi connectivity index (χ4n) is 2.30. The van der Waals surface area contributed by atoms with Crippen LogP contribution in [0, 0.1) is 0 Å². The Morgan fingerprint density at radius 1 is 1.33 bits per heavy atom. The van der Waals surface area contributed by atoms with Crippen molar-refractivity contribution in [3.63, 3.8) is 0 Å². The summed E-state index contributed by atoms with van der Waals surface area (Å²) in [6.07, 6.45) is 0.921. The van der Waals surface area contributed by atoms with Crippen molar-refractivity contribution in [3.05, 3.63) is 44.6 Å². The predicted molar refractivity (Wildman–Crippen MR) is 89.3 cm³/mol. The molecular weight excluding hydrogens is 350 g/mol. The molecule has 1 aromatic carbocycles. The van der Waals surface area contributed by atoms with Gasteiger partial charge in [0, 0.05) is 23.9 Å². The van der Waals surface area contributed by atoms with Crippen molar-refractivity contribution < 1.29 is 9.47 Å². The van der Waals surface area contributed by atoms with Gasteiger partial charge in [-0.25, -0.2) is 0 Å². The normalized spacial score (nSPS) is 15.5. The molecule has 112 valence electrons. The van der Waals surface area contributed by atoms with Gasteiger partial charge in [0.15, 0.2) is 11.5 Å². The molecule has 21 heavy (non-hydrogen) atoms. The highest BCUT2D eigenvalue weighted by Gasteiger charge is 2.15. The molecule has 5 heteroatoms. The summed E-state index contributed by atoms with van der Waals surface area (Å²) in [6.45, 7) is 4.40. The number of hydrogen-bond donors (Lipinski definition) is 1. The minimum Gasteiger partial charge on any atom is -0.490 e. The summed E-state index contributed by atoms with van der Waals surface area (Å²) in [5.41, 5.74) is 1.19. The molecule has 0 saturated carbocycles. The van der Waals surface area contributed by atoms with Crippen molar-refractivity contribution in [2.24, 2.45) is 0 Å². The van der Waals surface area contributed by atoms with Gasteiger partial charge in [-0.05, 0) is 52.0 Å². The SMILES string of the molecule is C[C@@H](NCc1cc(Br)c2c(c1)OCCCO2)c1cccs1. The average molecular weight is 368 g/mol. The van der Waals surface area contributed by atoms with Crippen LogP contribution in [0.25, 0.3) is 0 Å². The molecule has 2 aromatic rings. The summed E-state index contributed by atoms with van der Waals surface area (Å²) in [6, 6.07) is 8.76. The Hall–Kier alpha value is -1.04. The predicted octanol–water partition coefficient (Wildman–Crippen LogP) is 4.52. The number of hydrogen-bond acceptors (Lipinski definition) is 4. The Balaban J connectivity index is 1.71. The van der Waals surface area contributed by atoms with Gasteiger partial charge in [-0.3, -0.25) is 0 Å². The van der Waals surface area contributed by atoms with Gasteiger partial charge in [-0.2, -0.15) is 0 Å². The molecule has 1 aromatic heterocycles. The third-order valence-electron chi connectivity index (χ3n) is 3.44. The molecular formula is C16H18BrNO2S. The van der Waals surface area contributed by atoms with E-state index >= 15 is 0 Å². The van der Waals surface area contributed by atoms with Gasteiger partial charge in [-0.1, -0.05) is 6.07 Å². The molecule has 0 bridgehead atoms. The van der Waals surface area contributed by atoms with Gasteiger partial charge in [-0.15, -0.1) is 11.3 Å². The van der Waals surface area contributed by atoms with Crippen molar-refractivity contribution in [1.82, 2.24) is 5.32 Å². The number of ether oxygens (including phenoxy) is 2. The van der Waals surface area contributed by atoms with E-state index in [9.17, 15) is 0 Å². The Labute approximate surface area is 137 Å². The second-order valence-corrected chi connectivity index (χ2v) is 6.91. The molecule has 3 rings (SSSR count). The number of rotatable bonds is 4. The fraction of sp³-hybridized carbons (Fsp3) is 0.375. The van der Waals surface area contributed by atoms with Crippen molar-refractivity contribution in [2.45, 2.75) is 25.9 Å². The van der Waals surface area contributed by atoms with E-state index in [-0.39, 0.29) is 0 Å². The summed E-state index contributed by atoms with van der Waals surface area (Å²) < 4.78 is 12.5. The number of nitrogens with one attached hydrogen (secondary N) is 1. The van der Waals surface area contributed by atoms with Crippen molar-refractivity contribution in [2.75, 3.05) is 13.2 Å². The minimum atomic E-state index is 0.347. The van der Waals surface area contributed by atoms with Crippen LogP contribution < -0.4 is 14.8 Å². The first kappa shape index (κ1) is 14.9. The average Bonchev–Trinajstić information content (AvgIpc) is 2.91. The number of thiophene rings is 1. The maximum Gasteiger partial charge on any atom is 0.175 e. The first-order chi connectivity index (χ1) is 10.2. The van der Waals surface area contributed by atoms with Gasteiger partial charge in [0.1, 0.15) is 0 Å². The lowest BCUT2D eigenvalue weighted by Gasteiger charge is -2.15. The van der Waals surface area contributed by atoms with Gasteiger partial charge in [0.05, 0.1) is 17.7 Å². The molecule has 0 spiro atoms. The lowest BCUT2D eigenvalue weighted by molar-refractivity contribution is 0.296. The number of benzene rings is 1. The van der Waals surface area contributed by atoms with E-state index in [0.29, 0.717) is 19.3 Å². The third kappa shape index (κ3) is 3.59. The Bertz CT molecular complexity index is 601. The Morgan fingerprint density at radius 3 is 3.00 bits per heavy atom.